The van der Waals surface area contributed by atoms with Crippen LogP contribution in [0.4, 0.5) is 0 Å². The normalized spacial score (nSPS) is 15.6. The highest BCUT2D eigenvalue weighted by atomic mass is 28.4. The largest absolute Gasteiger partial charge is 0.478 e. The molecule has 1 unspecified atom stereocenters. The number of hydrogen-bond donors (Lipinski definition) is 1. The highest BCUT2D eigenvalue weighted by molar-refractivity contribution is 6.74. The molecule has 1 atom stereocenters. The predicted octanol–water partition coefficient (Wildman–Crippen LogP) is 4.21. The molecule has 0 aromatic rings. The highest BCUT2D eigenvalue weighted by Crippen LogP contribution is 2.38. The predicted molar refractivity (Wildman–Crippen MR) is 78.4 cm³/mol. The third kappa shape index (κ3) is 5.36. The van der Waals surface area contributed by atoms with Crippen LogP contribution >= 0.6 is 0 Å². The zero-order valence-electron chi connectivity index (χ0n) is 12.8. The minimum absolute atomic E-state index is 0.125. The summed E-state index contributed by atoms with van der Waals surface area (Å²) in [5.41, 5.74) is 0.396. The van der Waals surface area contributed by atoms with Crippen molar-refractivity contribution in [3.05, 3.63) is 11.6 Å². The molecule has 0 saturated heterocycles. The van der Waals surface area contributed by atoms with Crippen LogP contribution in [-0.4, -0.2) is 25.5 Å². The van der Waals surface area contributed by atoms with Crippen LogP contribution < -0.4 is 0 Å². The van der Waals surface area contributed by atoms with Gasteiger partial charge in [0.2, 0.25) is 0 Å². The highest BCUT2D eigenvalue weighted by Gasteiger charge is 2.38. The van der Waals surface area contributed by atoms with E-state index >= 15 is 0 Å². The van der Waals surface area contributed by atoms with Crippen molar-refractivity contribution in [2.45, 2.75) is 71.7 Å². The topological polar surface area (TPSA) is 46.5 Å². The molecule has 3 nitrogen and oxygen atoms in total. The number of carboxylic acid groups (broad SMARTS) is 1. The molecule has 0 aliphatic heterocycles. The van der Waals surface area contributed by atoms with Crippen molar-refractivity contribution in [1.82, 2.24) is 0 Å². The van der Waals surface area contributed by atoms with Gasteiger partial charge in [-0.2, -0.15) is 0 Å². The summed E-state index contributed by atoms with van der Waals surface area (Å²) in [7, 11) is -1.76. The summed E-state index contributed by atoms with van der Waals surface area (Å²) >= 11 is 0. The fourth-order valence-corrected chi connectivity index (χ4v) is 2.74. The van der Waals surface area contributed by atoms with Crippen LogP contribution in [0.5, 0.6) is 0 Å². The van der Waals surface area contributed by atoms with E-state index in [9.17, 15) is 4.79 Å². The number of carboxylic acids is 1. The molecule has 0 bridgehead atoms. The molecular weight excluding hydrogens is 244 g/mol. The summed E-state index contributed by atoms with van der Waals surface area (Å²) in [5.74, 6) is -0.850. The van der Waals surface area contributed by atoms with Crippen molar-refractivity contribution in [3.63, 3.8) is 0 Å². The van der Waals surface area contributed by atoms with E-state index in [0.29, 0.717) is 12.0 Å². The van der Waals surface area contributed by atoms with Gasteiger partial charge in [-0.15, -0.1) is 0 Å². The molecule has 18 heavy (non-hydrogen) atoms. The summed E-state index contributed by atoms with van der Waals surface area (Å²) in [6.07, 6.45) is 3.49. The Kier molecular flexibility index (Phi) is 6.30. The maximum atomic E-state index is 10.7. The quantitative estimate of drug-likeness (QED) is 0.582. The lowest BCUT2D eigenvalue weighted by atomic mass is 10.1. The van der Waals surface area contributed by atoms with Gasteiger partial charge in [0.25, 0.3) is 0 Å². The molecule has 1 N–H and O–H groups in total. The lowest BCUT2D eigenvalue weighted by molar-refractivity contribution is -0.132. The molecule has 0 radical (unpaired) electrons. The van der Waals surface area contributed by atoms with Crippen molar-refractivity contribution in [1.29, 1.82) is 0 Å². The molecule has 0 heterocycles. The maximum absolute atomic E-state index is 10.7. The molecule has 0 rings (SSSR count). The minimum Gasteiger partial charge on any atom is -0.478 e. The number of hydrogen-bond acceptors (Lipinski definition) is 2. The summed E-state index contributed by atoms with van der Waals surface area (Å²) in [6.45, 7) is 14.8. The third-order valence-electron chi connectivity index (χ3n) is 3.75. The molecule has 106 valence electrons. The average Bonchev–Trinajstić information content (AvgIpc) is 2.21. The molecule has 0 amide bonds. The first-order valence-corrected chi connectivity index (χ1v) is 9.50. The minimum atomic E-state index is -1.76. The van der Waals surface area contributed by atoms with Gasteiger partial charge < -0.3 is 9.53 Å². The molecule has 0 aliphatic carbocycles. The number of aliphatic carboxylic acids is 1. The van der Waals surface area contributed by atoms with E-state index in [-0.39, 0.29) is 11.1 Å². The van der Waals surface area contributed by atoms with Gasteiger partial charge in [-0.25, -0.2) is 4.79 Å². The first kappa shape index (κ1) is 17.4. The van der Waals surface area contributed by atoms with E-state index in [0.717, 1.165) is 6.42 Å². The molecule has 4 heteroatoms. The van der Waals surface area contributed by atoms with Crippen LogP contribution in [0.2, 0.25) is 18.1 Å². The van der Waals surface area contributed by atoms with Crippen LogP contribution in [0.3, 0.4) is 0 Å². The molecule has 0 aromatic heterocycles. The molecule has 0 fully saturated rings. The first-order valence-electron chi connectivity index (χ1n) is 6.59. The Labute approximate surface area is 112 Å². The van der Waals surface area contributed by atoms with Crippen molar-refractivity contribution >= 4 is 14.3 Å². The Morgan fingerprint density at radius 3 is 2.22 bits per heavy atom. The Balaban J connectivity index is 4.64. The van der Waals surface area contributed by atoms with Gasteiger partial charge in [-0.3, -0.25) is 0 Å². The van der Waals surface area contributed by atoms with E-state index in [1.807, 2.05) is 0 Å². The Bertz CT molecular complexity index is 313. The van der Waals surface area contributed by atoms with E-state index in [1.165, 1.54) is 0 Å². The molecule has 0 saturated carbocycles. The molecule has 0 aliphatic rings. The van der Waals surface area contributed by atoms with E-state index < -0.39 is 14.3 Å². The summed E-state index contributed by atoms with van der Waals surface area (Å²) in [5, 5.41) is 9.02. The lowest BCUT2D eigenvalue weighted by Gasteiger charge is -2.39. The first-order chi connectivity index (χ1) is 8.01. The monoisotopic (exact) mass is 272 g/mol. The zero-order chi connectivity index (χ0) is 14.6. The number of carbonyl (C=O) groups is 1. The maximum Gasteiger partial charge on any atom is 0.330 e. The van der Waals surface area contributed by atoms with E-state index in [2.05, 4.69) is 40.8 Å². The van der Waals surface area contributed by atoms with Crippen LogP contribution in [0.1, 0.15) is 47.5 Å². The van der Waals surface area contributed by atoms with Gasteiger partial charge in [-0.1, -0.05) is 33.8 Å². The summed E-state index contributed by atoms with van der Waals surface area (Å²) in [6, 6.07) is 0. The van der Waals surface area contributed by atoms with Crippen molar-refractivity contribution in [2.24, 2.45) is 0 Å². The summed E-state index contributed by atoms with van der Waals surface area (Å²) < 4.78 is 6.28. The lowest BCUT2D eigenvalue weighted by Crippen LogP contribution is -2.43. The van der Waals surface area contributed by atoms with E-state index in [4.69, 9.17) is 9.53 Å². The van der Waals surface area contributed by atoms with Crippen molar-refractivity contribution in [3.8, 4) is 0 Å². The Morgan fingerprint density at radius 1 is 1.39 bits per heavy atom. The van der Waals surface area contributed by atoms with Gasteiger partial charge in [0.1, 0.15) is 0 Å². The van der Waals surface area contributed by atoms with Crippen LogP contribution in [0.25, 0.3) is 0 Å². The Morgan fingerprint density at radius 2 is 1.89 bits per heavy atom. The van der Waals surface area contributed by atoms with Gasteiger partial charge in [0, 0.05) is 11.7 Å². The van der Waals surface area contributed by atoms with Gasteiger partial charge in [0.05, 0.1) is 0 Å². The second-order valence-corrected chi connectivity index (χ2v) is 11.1. The second kappa shape index (κ2) is 6.52. The molecule has 0 aromatic carbocycles. The van der Waals surface area contributed by atoms with Crippen LogP contribution in [0.15, 0.2) is 11.6 Å². The standard InChI is InChI=1S/C14H28O3Si/c1-8-12(10-9-11(2)13(15)16)17-18(6,7)14(3,4)5/h9,12H,8,10H2,1-7H3,(H,15,16)/b11-9-. The summed E-state index contributed by atoms with van der Waals surface area (Å²) in [4.78, 5) is 10.7. The molecular formula is C14H28O3Si. The fraction of sp³-hybridized carbons (Fsp3) is 0.786. The average molecular weight is 272 g/mol. The number of rotatable bonds is 6. The fourth-order valence-electron chi connectivity index (χ4n) is 1.29. The van der Waals surface area contributed by atoms with Gasteiger partial charge in [0.15, 0.2) is 8.32 Å². The smallest absolute Gasteiger partial charge is 0.330 e. The van der Waals surface area contributed by atoms with Gasteiger partial charge >= 0.3 is 5.97 Å². The van der Waals surface area contributed by atoms with Crippen molar-refractivity contribution < 1.29 is 14.3 Å². The third-order valence-corrected chi connectivity index (χ3v) is 8.28. The van der Waals surface area contributed by atoms with Gasteiger partial charge in [-0.05, 0) is 37.9 Å². The van der Waals surface area contributed by atoms with Crippen LogP contribution in [-0.2, 0) is 9.22 Å². The van der Waals surface area contributed by atoms with E-state index in [1.54, 1.807) is 13.0 Å². The zero-order valence-corrected chi connectivity index (χ0v) is 13.8. The van der Waals surface area contributed by atoms with Crippen molar-refractivity contribution in [2.75, 3.05) is 0 Å². The SMILES string of the molecule is CCC(C/C=C(/C)C(=O)O)O[Si](C)(C)C(C)(C)C. The Hall–Kier alpha value is -0.613. The molecule has 0 spiro atoms. The van der Waals surface area contributed by atoms with Crippen LogP contribution in [0, 0.1) is 0 Å². The second-order valence-electron chi connectivity index (χ2n) is 6.34.